The van der Waals surface area contributed by atoms with Crippen LogP contribution in [-0.2, 0) is 0 Å². The molecular weight excluding hydrogens is 186 g/mol. The van der Waals surface area contributed by atoms with E-state index >= 15 is 0 Å². The molecule has 0 aliphatic carbocycles. The Hall–Kier alpha value is -1.09. The molecule has 1 aromatic rings. The lowest BCUT2D eigenvalue weighted by atomic mass is 9.95. The minimum absolute atomic E-state index is 0.545. The van der Waals surface area contributed by atoms with E-state index in [9.17, 15) is 0 Å². The zero-order valence-corrected chi connectivity index (χ0v) is 9.85. The van der Waals surface area contributed by atoms with Gasteiger partial charge in [0.1, 0.15) is 0 Å². The van der Waals surface area contributed by atoms with Gasteiger partial charge in [0.15, 0.2) is 0 Å². The van der Waals surface area contributed by atoms with Crippen LogP contribution in [0.25, 0.3) is 0 Å². The van der Waals surface area contributed by atoms with Gasteiger partial charge in [0.2, 0.25) is 0 Å². The first kappa shape index (κ1) is 12.0. The van der Waals surface area contributed by atoms with Crippen LogP contribution in [0, 0.1) is 11.8 Å². The number of nitrogens with zero attached hydrogens (tertiary/aromatic N) is 2. The van der Waals surface area contributed by atoms with Gasteiger partial charge < -0.3 is 10.6 Å². The van der Waals surface area contributed by atoms with E-state index in [1.54, 1.807) is 0 Å². The Morgan fingerprint density at radius 1 is 1.33 bits per heavy atom. The highest BCUT2D eigenvalue weighted by Crippen LogP contribution is 2.15. The first-order chi connectivity index (χ1) is 7.15. The summed E-state index contributed by atoms with van der Waals surface area (Å²) in [7, 11) is 2.10. The lowest BCUT2D eigenvalue weighted by molar-refractivity contribution is 0.398. The molecule has 0 saturated heterocycles. The molecule has 3 nitrogen and oxygen atoms in total. The van der Waals surface area contributed by atoms with Gasteiger partial charge in [0.05, 0.1) is 0 Å². The van der Waals surface area contributed by atoms with Crippen LogP contribution in [0.3, 0.4) is 0 Å². The lowest BCUT2D eigenvalue weighted by Gasteiger charge is -2.27. The summed E-state index contributed by atoms with van der Waals surface area (Å²) < 4.78 is 0. The van der Waals surface area contributed by atoms with Gasteiger partial charge in [-0.15, -0.1) is 0 Å². The highest BCUT2D eigenvalue weighted by atomic mass is 15.1. The third-order valence-electron chi connectivity index (χ3n) is 2.86. The van der Waals surface area contributed by atoms with Gasteiger partial charge in [0, 0.05) is 31.7 Å². The number of anilines is 1. The van der Waals surface area contributed by atoms with Crippen molar-refractivity contribution in [3.05, 3.63) is 24.5 Å². The van der Waals surface area contributed by atoms with Crippen LogP contribution in [0.4, 0.5) is 5.69 Å². The van der Waals surface area contributed by atoms with Gasteiger partial charge in [-0.05, 0) is 30.5 Å². The Balaban J connectivity index is 2.58. The molecule has 0 bridgehead atoms. The molecule has 3 heteroatoms. The van der Waals surface area contributed by atoms with Gasteiger partial charge in [-0.25, -0.2) is 0 Å². The topological polar surface area (TPSA) is 42.1 Å². The second-order valence-corrected chi connectivity index (χ2v) is 4.33. The van der Waals surface area contributed by atoms with Crippen LogP contribution >= 0.6 is 0 Å². The number of hydrogen-bond donors (Lipinski definition) is 1. The van der Waals surface area contributed by atoms with Crippen molar-refractivity contribution in [1.82, 2.24) is 4.98 Å². The van der Waals surface area contributed by atoms with Crippen LogP contribution < -0.4 is 10.6 Å². The molecule has 1 rings (SSSR count). The summed E-state index contributed by atoms with van der Waals surface area (Å²) in [5.41, 5.74) is 6.96. The minimum atomic E-state index is 0.545. The Labute approximate surface area is 92.3 Å². The number of rotatable bonds is 5. The summed E-state index contributed by atoms with van der Waals surface area (Å²) >= 11 is 0. The fourth-order valence-electron chi connectivity index (χ4n) is 1.61. The maximum atomic E-state index is 5.76. The second kappa shape index (κ2) is 5.71. The molecule has 84 valence electrons. The number of aromatic nitrogens is 1. The number of hydrogen-bond acceptors (Lipinski definition) is 3. The summed E-state index contributed by atoms with van der Waals surface area (Å²) in [5, 5.41) is 0. The fourth-order valence-corrected chi connectivity index (χ4v) is 1.61. The molecule has 1 atom stereocenters. The van der Waals surface area contributed by atoms with E-state index in [0.29, 0.717) is 11.8 Å². The van der Waals surface area contributed by atoms with E-state index in [2.05, 4.69) is 30.8 Å². The first-order valence-electron chi connectivity index (χ1n) is 5.46. The maximum absolute atomic E-state index is 5.76. The Morgan fingerprint density at radius 2 is 1.93 bits per heavy atom. The van der Waals surface area contributed by atoms with Crippen LogP contribution in [0.2, 0.25) is 0 Å². The quantitative estimate of drug-likeness (QED) is 0.800. The predicted octanol–water partition coefficient (Wildman–Crippen LogP) is 1.75. The molecule has 1 aromatic heterocycles. The van der Waals surface area contributed by atoms with E-state index in [0.717, 1.165) is 13.1 Å². The zero-order valence-electron chi connectivity index (χ0n) is 9.85. The number of pyridine rings is 1. The maximum Gasteiger partial charge on any atom is 0.0394 e. The Morgan fingerprint density at radius 3 is 2.40 bits per heavy atom. The predicted molar refractivity (Wildman–Crippen MR) is 64.9 cm³/mol. The van der Waals surface area contributed by atoms with Gasteiger partial charge >= 0.3 is 0 Å². The molecule has 1 heterocycles. The average Bonchev–Trinajstić information content (AvgIpc) is 2.26. The molecule has 0 aliphatic heterocycles. The highest BCUT2D eigenvalue weighted by Gasteiger charge is 2.13. The summed E-state index contributed by atoms with van der Waals surface area (Å²) in [5.74, 6) is 1.17. The molecule has 1 unspecified atom stereocenters. The summed E-state index contributed by atoms with van der Waals surface area (Å²) in [6.45, 7) is 6.18. The van der Waals surface area contributed by atoms with Gasteiger partial charge in [-0.1, -0.05) is 13.8 Å². The summed E-state index contributed by atoms with van der Waals surface area (Å²) in [4.78, 5) is 6.25. The molecule has 0 aromatic carbocycles. The van der Waals surface area contributed by atoms with E-state index in [-0.39, 0.29) is 0 Å². The van der Waals surface area contributed by atoms with Gasteiger partial charge in [-0.2, -0.15) is 0 Å². The molecule has 0 saturated carbocycles. The van der Waals surface area contributed by atoms with Gasteiger partial charge in [0.25, 0.3) is 0 Å². The smallest absolute Gasteiger partial charge is 0.0394 e. The molecule has 15 heavy (non-hydrogen) atoms. The molecule has 0 amide bonds. The lowest BCUT2D eigenvalue weighted by Crippen LogP contribution is -2.33. The molecule has 0 fully saturated rings. The fraction of sp³-hybridized carbons (Fsp3) is 0.583. The molecular formula is C12H21N3. The normalized spacial score (nSPS) is 12.9. The highest BCUT2D eigenvalue weighted by molar-refractivity contribution is 5.43. The van der Waals surface area contributed by atoms with E-state index in [1.807, 2.05) is 24.5 Å². The minimum Gasteiger partial charge on any atom is -0.374 e. The largest absolute Gasteiger partial charge is 0.374 e. The SMILES string of the molecule is CC(C)C(CN)CN(C)c1ccncc1. The third-order valence-corrected chi connectivity index (χ3v) is 2.86. The van der Waals surface area contributed by atoms with Crippen molar-refractivity contribution in [3.63, 3.8) is 0 Å². The molecule has 0 spiro atoms. The first-order valence-corrected chi connectivity index (χ1v) is 5.46. The van der Waals surface area contributed by atoms with Crippen LogP contribution in [-0.4, -0.2) is 25.1 Å². The molecule has 2 N–H and O–H groups in total. The summed E-state index contributed by atoms with van der Waals surface area (Å²) in [6.07, 6.45) is 3.64. The molecule has 0 radical (unpaired) electrons. The van der Waals surface area contributed by atoms with Crippen molar-refractivity contribution in [2.24, 2.45) is 17.6 Å². The Kier molecular flexibility index (Phi) is 4.56. The van der Waals surface area contributed by atoms with E-state index in [1.165, 1.54) is 5.69 Å². The molecule has 0 aliphatic rings. The zero-order chi connectivity index (χ0) is 11.3. The summed E-state index contributed by atoms with van der Waals surface area (Å²) in [6, 6.07) is 4.04. The van der Waals surface area contributed by atoms with Crippen LogP contribution in [0.5, 0.6) is 0 Å². The van der Waals surface area contributed by atoms with Crippen LogP contribution in [0.1, 0.15) is 13.8 Å². The van der Waals surface area contributed by atoms with Crippen molar-refractivity contribution in [2.75, 3.05) is 25.0 Å². The van der Waals surface area contributed by atoms with Crippen molar-refractivity contribution in [3.8, 4) is 0 Å². The van der Waals surface area contributed by atoms with E-state index < -0.39 is 0 Å². The van der Waals surface area contributed by atoms with Crippen molar-refractivity contribution < 1.29 is 0 Å². The van der Waals surface area contributed by atoms with Crippen LogP contribution in [0.15, 0.2) is 24.5 Å². The Bertz CT molecular complexity index is 271. The monoisotopic (exact) mass is 207 g/mol. The van der Waals surface area contributed by atoms with Crippen molar-refractivity contribution >= 4 is 5.69 Å². The third kappa shape index (κ3) is 3.51. The number of nitrogens with two attached hydrogens (primary N) is 1. The van der Waals surface area contributed by atoms with Gasteiger partial charge in [-0.3, -0.25) is 4.98 Å². The second-order valence-electron chi connectivity index (χ2n) is 4.33. The van der Waals surface area contributed by atoms with Crippen molar-refractivity contribution in [2.45, 2.75) is 13.8 Å². The average molecular weight is 207 g/mol. The standard InChI is InChI=1S/C12H21N3/c1-10(2)11(8-13)9-15(3)12-4-6-14-7-5-12/h4-7,10-11H,8-9,13H2,1-3H3. The van der Waals surface area contributed by atoms with E-state index in [4.69, 9.17) is 5.73 Å². The van der Waals surface area contributed by atoms with Crippen molar-refractivity contribution in [1.29, 1.82) is 0 Å².